The molecule has 0 aliphatic rings. The molecule has 0 aromatic heterocycles. The highest BCUT2D eigenvalue weighted by molar-refractivity contribution is 7.99. The van der Waals surface area contributed by atoms with Crippen LogP contribution < -0.4 is 10.6 Å². The predicted octanol–water partition coefficient (Wildman–Crippen LogP) is 3.56. The van der Waals surface area contributed by atoms with E-state index in [0.717, 1.165) is 17.4 Å². The van der Waals surface area contributed by atoms with Gasteiger partial charge in [0.25, 0.3) is 0 Å². The van der Waals surface area contributed by atoms with E-state index < -0.39 is 0 Å². The summed E-state index contributed by atoms with van der Waals surface area (Å²) in [5.74, 6) is 2.44. The number of thioether (sulfide) groups is 1. The van der Waals surface area contributed by atoms with Crippen molar-refractivity contribution in [2.75, 3.05) is 25.1 Å². The third-order valence-electron chi connectivity index (χ3n) is 2.65. The van der Waals surface area contributed by atoms with Gasteiger partial charge >= 0.3 is 0 Å². The average molecular weight is 277 g/mol. The lowest BCUT2D eigenvalue weighted by molar-refractivity contribution is 0.603. The minimum Gasteiger partial charge on any atom is -0.366 e. The Kier molecular flexibility index (Phi) is 14.1. The highest BCUT2D eigenvalue weighted by atomic mass is 32.2. The van der Waals surface area contributed by atoms with Crippen LogP contribution in [-0.4, -0.2) is 30.2 Å². The second kappa shape index (κ2) is 14.1. The van der Waals surface area contributed by atoms with E-state index in [2.05, 4.69) is 17.6 Å². The summed E-state index contributed by atoms with van der Waals surface area (Å²) >= 11 is 7.02. The molecule has 0 heterocycles. The zero-order chi connectivity index (χ0) is 12.8. The molecule has 0 bridgehead atoms. The normalized spacial score (nSPS) is 10.2. The summed E-state index contributed by atoms with van der Waals surface area (Å²) in [7, 11) is 1.85. The smallest absolute Gasteiger partial charge is 0.166 e. The Morgan fingerprint density at radius 1 is 1.00 bits per heavy atom. The van der Waals surface area contributed by atoms with Crippen molar-refractivity contribution in [2.45, 2.75) is 51.9 Å². The molecule has 2 nitrogen and oxygen atoms in total. The molecule has 0 saturated carbocycles. The number of hydrogen-bond acceptors (Lipinski definition) is 2. The fourth-order valence-electron chi connectivity index (χ4n) is 1.59. The van der Waals surface area contributed by atoms with Gasteiger partial charge in [0.15, 0.2) is 5.11 Å². The minimum absolute atomic E-state index is 0.751. The first-order valence-electron chi connectivity index (χ1n) is 6.84. The molecule has 0 aliphatic carbocycles. The fourth-order valence-corrected chi connectivity index (χ4v) is 2.55. The van der Waals surface area contributed by atoms with E-state index in [1.54, 1.807) is 0 Å². The van der Waals surface area contributed by atoms with Crippen molar-refractivity contribution in [3.05, 3.63) is 0 Å². The number of unbranched alkanes of at least 4 members (excludes halogenated alkanes) is 6. The van der Waals surface area contributed by atoms with Crippen LogP contribution in [0, 0.1) is 0 Å². The molecule has 0 atom stereocenters. The zero-order valence-electron chi connectivity index (χ0n) is 11.4. The SMILES string of the molecule is CCCCCCCCCSCCNC(=S)NC. The Bertz CT molecular complexity index is 175. The van der Waals surface area contributed by atoms with Gasteiger partial charge in [-0.05, 0) is 24.4 Å². The summed E-state index contributed by atoms with van der Waals surface area (Å²) in [6, 6.07) is 0. The molecule has 0 aliphatic heterocycles. The molecule has 17 heavy (non-hydrogen) atoms. The summed E-state index contributed by atoms with van der Waals surface area (Å²) in [4.78, 5) is 0. The van der Waals surface area contributed by atoms with Crippen LogP contribution in [0.25, 0.3) is 0 Å². The van der Waals surface area contributed by atoms with Crippen LogP contribution in [-0.2, 0) is 0 Å². The van der Waals surface area contributed by atoms with Crippen LogP contribution in [0.1, 0.15) is 51.9 Å². The van der Waals surface area contributed by atoms with Crippen LogP contribution in [0.4, 0.5) is 0 Å². The first kappa shape index (κ1) is 17.0. The molecule has 4 heteroatoms. The Morgan fingerprint density at radius 3 is 2.29 bits per heavy atom. The van der Waals surface area contributed by atoms with Gasteiger partial charge in [0, 0.05) is 19.3 Å². The monoisotopic (exact) mass is 276 g/mol. The van der Waals surface area contributed by atoms with Gasteiger partial charge in [0.1, 0.15) is 0 Å². The number of hydrogen-bond donors (Lipinski definition) is 2. The lowest BCUT2D eigenvalue weighted by atomic mass is 10.1. The van der Waals surface area contributed by atoms with Crippen molar-refractivity contribution in [3.8, 4) is 0 Å². The molecule has 0 radical (unpaired) electrons. The lowest BCUT2D eigenvalue weighted by Crippen LogP contribution is -2.33. The summed E-state index contributed by atoms with van der Waals surface area (Å²) in [6.07, 6.45) is 9.80. The van der Waals surface area contributed by atoms with Crippen molar-refractivity contribution in [3.63, 3.8) is 0 Å². The van der Waals surface area contributed by atoms with Crippen molar-refractivity contribution >= 4 is 29.1 Å². The summed E-state index contributed by atoms with van der Waals surface area (Å²) in [5, 5.41) is 6.82. The van der Waals surface area contributed by atoms with Crippen molar-refractivity contribution in [1.82, 2.24) is 10.6 Å². The van der Waals surface area contributed by atoms with Gasteiger partial charge in [-0.1, -0.05) is 45.4 Å². The van der Waals surface area contributed by atoms with E-state index in [4.69, 9.17) is 12.2 Å². The molecular weight excluding hydrogens is 248 g/mol. The lowest BCUT2D eigenvalue weighted by Gasteiger charge is -2.06. The standard InChI is InChI=1S/C13H28N2S2/c1-3-4-5-6-7-8-9-11-17-12-10-15-13(16)14-2/h3-12H2,1-2H3,(H2,14,15,16). The van der Waals surface area contributed by atoms with Crippen molar-refractivity contribution < 1.29 is 0 Å². The van der Waals surface area contributed by atoms with Crippen LogP contribution in [0.3, 0.4) is 0 Å². The second-order valence-electron chi connectivity index (χ2n) is 4.24. The summed E-state index contributed by atoms with van der Waals surface area (Å²) in [6.45, 7) is 3.24. The molecule has 0 saturated heterocycles. The first-order chi connectivity index (χ1) is 8.31. The number of thiocarbonyl (C=S) groups is 1. The van der Waals surface area contributed by atoms with Crippen molar-refractivity contribution in [1.29, 1.82) is 0 Å². The van der Waals surface area contributed by atoms with Crippen LogP contribution in [0.15, 0.2) is 0 Å². The van der Waals surface area contributed by atoms with Crippen molar-refractivity contribution in [2.24, 2.45) is 0 Å². The van der Waals surface area contributed by atoms with Gasteiger partial charge in [-0.2, -0.15) is 11.8 Å². The highest BCUT2D eigenvalue weighted by Crippen LogP contribution is 2.09. The van der Waals surface area contributed by atoms with Crippen LogP contribution >= 0.6 is 24.0 Å². The van der Waals surface area contributed by atoms with Gasteiger partial charge in [-0.3, -0.25) is 0 Å². The van der Waals surface area contributed by atoms with Gasteiger partial charge < -0.3 is 10.6 Å². The molecule has 2 N–H and O–H groups in total. The van der Waals surface area contributed by atoms with E-state index in [1.165, 1.54) is 50.7 Å². The largest absolute Gasteiger partial charge is 0.366 e. The zero-order valence-corrected chi connectivity index (χ0v) is 13.0. The van der Waals surface area contributed by atoms with E-state index in [0.29, 0.717) is 0 Å². The van der Waals surface area contributed by atoms with Crippen LogP contribution in [0.2, 0.25) is 0 Å². The average Bonchev–Trinajstić information content (AvgIpc) is 2.35. The maximum absolute atomic E-state index is 4.99. The molecule has 0 fully saturated rings. The predicted molar refractivity (Wildman–Crippen MR) is 85.0 cm³/mol. The molecule has 0 rings (SSSR count). The Labute approximate surface area is 117 Å². The molecular formula is C13H28N2S2. The highest BCUT2D eigenvalue weighted by Gasteiger charge is 1.93. The molecule has 102 valence electrons. The van der Waals surface area contributed by atoms with Gasteiger partial charge in [-0.15, -0.1) is 0 Å². The molecule has 0 aromatic carbocycles. The maximum Gasteiger partial charge on any atom is 0.166 e. The van der Waals surface area contributed by atoms with E-state index >= 15 is 0 Å². The second-order valence-corrected chi connectivity index (χ2v) is 5.87. The summed E-state index contributed by atoms with van der Waals surface area (Å²) in [5.41, 5.74) is 0. The Balaban J connectivity index is 2.96. The van der Waals surface area contributed by atoms with Gasteiger partial charge in [0.05, 0.1) is 0 Å². The third kappa shape index (κ3) is 14.0. The van der Waals surface area contributed by atoms with Gasteiger partial charge in [-0.25, -0.2) is 0 Å². The molecule has 0 aromatic rings. The Morgan fingerprint density at radius 2 is 1.65 bits per heavy atom. The maximum atomic E-state index is 4.99. The molecule has 0 amide bonds. The topological polar surface area (TPSA) is 24.1 Å². The van der Waals surface area contributed by atoms with E-state index in [1.807, 2.05) is 18.8 Å². The quantitative estimate of drug-likeness (QED) is 0.445. The molecule has 0 unspecified atom stereocenters. The summed E-state index contributed by atoms with van der Waals surface area (Å²) < 4.78 is 0. The molecule has 0 spiro atoms. The third-order valence-corrected chi connectivity index (χ3v) is 4.07. The number of nitrogens with one attached hydrogen (secondary N) is 2. The first-order valence-corrected chi connectivity index (χ1v) is 8.41. The fraction of sp³-hybridized carbons (Fsp3) is 0.923. The van der Waals surface area contributed by atoms with Gasteiger partial charge in [0.2, 0.25) is 0 Å². The van der Waals surface area contributed by atoms with E-state index in [9.17, 15) is 0 Å². The minimum atomic E-state index is 0.751. The van der Waals surface area contributed by atoms with E-state index in [-0.39, 0.29) is 0 Å². The van der Waals surface area contributed by atoms with Crippen LogP contribution in [0.5, 0.6) is 0 Å². The Hall–Kier alpha value is 0.0400. The number of rotatable bonds is 11.